The zero-order chi connectivity index (χ0) is 17.0. The number of carbonyl (C=O) groups excluding carboxylic acids is 1. The number of benzene rings is 2. The first-order valence-electron chi connectivity index (χ1n) is 7.54. The van der Waals surface area contributed by atoms with Gasteiger partial charge in [0.2, 0.25) is 0 Å². The van der Waals surface area contributed by atoms with Gasteiger partial charge in [0.15, 0.2) is 0 Å². The molecule has 2 rings (SSSR count). The Hall–Kier alpha value is -2.33. The fourth-order valence-corrected chi connectivity index (χ4v) is 2.22. The van der Waals surface area contributed by atoms with Crippen LogP contribution in [0.5, 0.6) is 0 Å². The number of aliphatic hydroxyl groups excluding tert-OH is 1. The maximum Gasteiger partial charge on any atom is 0.337 e. The van der Waals surface area contributed by atoms with E-state index in [4.69, 9.17) is 0 Å². The smallest absolute Gasteiger partial charge is 0.337 e. The van der Waals surface area contributed by atoms with Crippen LogP contribution in [0.2, 0.25) is 0 Å². The number of ether oxygens (including phenoxy) is 1. The number of nitrogens with one attached hydrogen (secondary N) is 1. The number of esters is 1. The lowest BCUT2D eigenvalue weighted by Crippen LogP contribution is -2.17. The van der Waals surface area contributed by atoms with Gasteiger partial charge in [0.1, 0.15) is 0 Å². The zero-order valence-corrected chi connectivity index (χ0v) is 14.0. The van der Waals surface area contributed by atoms with E-state index in [9.17, 15) is 9.90 Å². The van der Waals surface area contributed by atoms with Crippen molar-refractivity contribution in [2.75, 3.05) is 12.4 Å². The molecule has 2 aromatic carbocycles. The number of aliphatic hydroxyl groups is 1. The van der Waals surface area contributed by atoms with E-state index < -0.39 is 6.10 Å². The second kappa shape index (κ2) is 6.84. The van der Waals surface area contributed by atoms with Gasteiger partial charge in [-0.05, 0) is 47.4 Å². The molecule has 0 heterocycles. The molecule has 0 saturated carbocycles. The van der Waals surface area contributed by atoms with Gasteiger partial charge in [-0.3, -0.25) is 0 Å². The van der Waals surface area contributed by atoms with Crippen LogP contribution in [0.4, 0.5) is 11.4 Å². The topological polar surface area (TPSA) is 58.6 Å². The minimum atomic E-state index is -0.504. The highest BCUT2D eigenvalue weighted by atomic mass is 16.5. The molecule has 0 amide bonds. The summed E-state index contributed by atoms with van der Waals surface area (Å²) in [4.78, 5) is 11.4. The van der Waals surface area contributed by atoms with Crippen LogP contribution in [0.1, 0.15) is 42.8 Å². The molecule has 2 N–H and O–H groups in total. The van der Waals surface area contributed by atoms with Crippen molar-refractivity contribution >= 4 is 17.3 Å². The summed E-state index contributed by atoms with van der Waals surface area (Å²) in [6, 6.07) is 14.8. The molecular formula is C19H23NO3. The number of hydrogen-bond donors (Lipinski definition) is 2. The van der Waals surface area contributed by atoms with Crippen LogP contribution in [-0.4, -0.2) is 18.2 Å². The minimum Gasteiger partial charge on any atom is -0.465 e. The van der Waals surface area contributed by atoms with Crippen molar-refractivity contribution < 1.29 is 14.6 Å². The third-order valence-corrected chi connectivity index (χ3v) is 3.64. The van der Waals surface area contributed by atoms with Crippen LogP contribution in [0, 0.1) is 5.41 Å². The number of carbonyl (C=O) groups is 1. The molecule has 122 valence electrons. The SMILES string of the molecule is COC(=O)c1ccc(Nc2ccc(C(O)C(C)(C)C)cc2)cc1. The first kappa shape index (κ1) is 17.0. The maximum absolute atomic E-state index is 11.4. The fraction of sp³-hybridized carbons (Fsp3) is 0.316. The summed E-state index contributed by atoms with van der Waals surface area (Å²) in [6.45, 7) is 6.02. The molecule has 0 bridgehead atoms. The molecule has 0 aliphatic heterocycles. The first-order chi connectivity index (χ1) is 10.8. The first-order valence-corrected chi connectivity index (χ1v) is 7.54. The lowest BCUT2D eigenvalue weighted by atomic mass is 9.85. The Kier molecular flexibility index (Phi) is 5.06. The van der Waals surface area contributed by atoms with Gasteiger partial charge in [-0.1, -0.05) is 32.9 Å². The summed E-state index contributed by atoms with van der Waals surface area (Å²) in [7, 11) is 1.36. The van der Waals surface area contributed by atoms with Crippen molar-refractivity contribution in [3.05, 3.63) is 59.7 Å². The van der Waals surface area contributed by atoms with Crippen molar-refractivity contribution in [2.45, 2.75) is 26.9 Å². The van der Waals surface area contributed by atoms with E-state index in [0.717, 1.165) is 16.9 Å². The Morgan fingerprint density at radius 3 is 1.91 bits per heavy atom. The van der Waals surface area contributed by atoms with E-state index in [1.165, 1.54) is 7.11 Å². The predicted molar refractivity (Wildman–Crippen MR) is 91.9 cm³/mol. The van der Waals surface area contributed by atoms with E-state index in [1.807, 2.05) is 57.2 Å². The Labute approximate surface area is 137 Å². The van der Waals surface area contributed by atoms with Crippen LogP contribution >= 0.6 is 0 Å². The van der Waals surface area contributed by atoms with Gasteiger partial charge in [-0.2, -0.15) is 0 Å². The Morgan fingerprint density at radius 1 is 1.00 bits per heavy atom. The molecule has 0 radical (unpaired) electrons. The Morgan fingerprint density at radius 2 is 1.48 bits per heavy atom. The van der Waals surface area contributed by atoms with Crippen molar-refractivity contribution in [1.29, 1.82) is 0 Å². The van der Waals surface area contributed by atoms with Crippen LogP contribution in [0.25, 0.3) is 0 Å². The van der Waals surface area contributed by atoms with Crippen LogP contribution in [0.3, 0.4) is 0 Å². The number of methoxy groups -OCH3 is 1. The molecule has 0 aromatic heterocycles. The quantitative estimate of drug-likeness (QED) is 0.826. The highest BCUT2D eigenvalue weighted by Crippen LogP contribution is 2.33. The standard InChI is InChI=1S/C19H23NO3/c1-19(2,3)17(21)13-5-9-15(10-6-13)20-16-11-7-14(8-12-16)18(22)23-4/h5-12,17,20-21H,1-4H3. The molecule has 0 saturated heterocycles. The normalized spacial score (nSPS) is 12.6. The van der Waals surface area contributed by atoms with Crippen LogP contribution < -0.4 is 5.32 Å². The van der Waals surface area contributed by atoms with Crippen molar-refractivity contribution in [3.63, 3.8) is 0 Å². The second-order valence-corrected chi connectivity index (χ2v) is 6.58. The molecule has 0 spiro atoms. The molecule has 4 nitrogen and oxygen atoms in total. The number of hydrogen-bond acceptors (Lipinski definition) is 4. The third kappa shape index (κ3) is 4.33. The average Bonchev–Trinajstić information content (AvgIpc) is 2.54. The van der Waals surface area contributed by atoms with E-state index in [0.29, 0.717) is 5.56 Å². The highest BCUT2D eigenvalue weighted by molar-refractivity contribution is 5.89. The van der Waals surface area contributed by atoms with Gasteiger partial charge in [-0.25, -0.2) is 4.79 Å². The molecule has 4 heteroatoms. The second-order valence-electron chi connectivity index (χ2n) is 6.58. The summed E-state index contributed by atoms with van der Waals surface area (Å²) in [5.41, 5.74) is 3.01. The summed E-state index contributed by atoms with van der Waals surface area (Å²) in [6.07, 6.45) is -0.504. The fourth-order valence-electron chi connectivity index (χ4n) is 2.22. The third-order valence-electron chi connectivity index (χ3n) is 3.64. The minimum absolute atomic E-state index is 0.196. The molecule has 0 fully saturated rings. The van der Waals surface area contributed by atoms with Gasteiger partial charge in [0.05, 0.1) is 18.8 Å². The Balaban J connectivity index is 2.08. The lowest BCUT2D eigenvalue weighted by Gasteiger charge is -2.26. The van der Waals surface area contributed by atoms with Gasteiger partial charge in [-0.15, -0.1) is 0 Å². The van der Waals surface area contributed by atoms with Crippen LogP contribution in [0.15, 0.2) is 48.5 Å². The van der Waals surface area contributed by atoms with E-state index in [-0.39, 0.29) is 11.4 Å². The van der Waals surface area contributed by atoms with Gasteiger partial charge < -0.3 is 15.2 Å². The van der Waals surface area contributed by atoms with E-state index >= 15 is 0 Å². The zero-order valence-electron chi connectivity index (χ0n) is 14.0. The largest absolute Gasteiger partial charge is 0.465 e. The molecule has 1 unspecified atom stereocenters. The average molecular weight is 313 g/mol. The highest BCUT2D eigenvalue weighted by Gasteiger charge is 2.23. The van der Waals surface area contributed by atoms with Crippen molar-refractivity contribution in [2.24, 2.45) is 5.41 Å². The number of anilines is 2. The predicted octanol–water partition coefficient (Wildman–Crippen LogP) is 4.30. The summed E-state index contributed by atoms with van der Waals surface area (Å²) in [5.74, 6) is -0.350. The monoisotopic (exact) mass is 313 g/mol. The molecule has 23 heavy (non-hydrogen) atoms. The maximum atomic E-state index is 11.4. The number of rotatable bonds is 4. The van der Waals surface area contributed by atoms with E-state index in [1.54, 1.807) is 12.1 Å². The van der Waals surface area contributed by atoms with Gasteiger partial charge in [0, 0.05) is 11.4 Å². The van der Waals surface area contributed by atoms with Gasteiger partial charge in [0.25, 0.3) is 0 Å². The van der Waals surface area contributed by atoms with Gasteiger partial charge >= 0.3 is 5.97 Å². The van der Waals surface area contributed by atoms with Crippen molar-refractivity contribution in [3.8, 4) is 0 Å². The molecule has 2 aromatic rings. The Bertz CT molecular complexity index is 655. The molecule has 1 atom stereocenters. The van der Waals surface area contributed by atoms with Crippen LogP contribution in [-0.2, 0) is 4.74 Å². The molecule has 0 aliphatic carbocycles. The van der Waals surface area contributed by atoms with Crippen molar-refractivity contribution in [1.82, 2.24) is 0 Å². The molecule has 0 aliphatic rings. The summed E-state index contributed by atoms with van der Waals surface area (Å²) >= 11 is 0. The van der Waals surface area contributed by atoms with E-state index in [2.05, 4.69) is 10.1 Å². The summed E-state index contributed by atoms with van der Waals surface area (Å²) in [5, 5.41) is 13.5. The molecular weight excluding hydrogens is 290 g/mol. The lowest BCUT2D eigenvalue weighted by molar-refractivity contribution is 0.0600. The summed E-state index contributed by atoms with van der Waals surface area (Å²) < 4.78 is 4.67.